The van der Waals surface area contributed by atoms with Gasteiger partial charge in [-0.05, 0) is 51.0 Å². The Balaban J connectivity index is 1.28. The second-order valence-corrected chi connectivity index (χ2v) is 11.9. The second kappa shape index (κ2) is 12.6. The van der Waals surface area contributed by atoms with Gasteiger partial charge in [0.2, 0.25) is 5.70 Å². The molecule has 45 heavy (non-hydrogen) atoms. The second-order valence-electron chi connectivity index (χ2n) is 11.9. The first-order valence-electron chi connectivity index (χ1n) is 15.1. The quantitative estimate of drug-likeness (QED) is 0.230. The van der Waals surface area contributed by atoms with Crippen LogP contribution < -0.4 is 15.8 Å². The highest BCUT2D eigenvalue weighted by Gasteiger charge is 2.33. The molecule has 1 amide bonds. The first kappa shape index (κ1) is 30.2. The Morgan fingerprint density at radius 2 is 1.91 bits per heavy atom. The number of hydrogen-bond donors (Lipinski definition) is 2. The molecular formula is C33H36FN9O2. The number of carbonyl (C=O) groups excluding carboxylic acids is 1. The number of ether oxygens (including phenoxy) is 1. The van der Waals surface area contributed by atoms with Crippen molar-refractivity contribution in [3.8, 4) is 22.8 Å². The molecule has 4 heterocycles. The number of anilines is 1. The van der Waals surface area contributed by atoms with Crippen LogP contribution in [-0.4, -0.2) is 80.3 Å². The number of nitrogens with zero attached hydrogens (tertiary/aromatic N) is 7. The predicted octanol–water partition coefficient (Wildman–Crippen LogP) is 4.66. The number of amides is 1. The average molecular weight is 610 g/mol. The van der Waals surface area contributed by atoms with Gasteiger partial charge >= 0.3 is 0 Å². The van der Waals surface area contributed by atoms with E-state index in [1.54, 1.807) is 39.9 Å². The Kier molecular flexibility index (Phi) is 8.47. The van der Waals surface area contributed by atoms with Gasteiger partial charge in [0, 0.05) is 56.4 Å². The Bertz CT molecular complexity index is 1770. The number of aromatic nitrogens is 4. The van der Waals surface area contributed by atoms with Crippen LogP contribution in [0.3, 0.4) is 0 Å². The number of benzene rings is 2. The number of para-hydroxylation sites is 1. The van der Waals surface area contributed by atoms with Crippen LogP contribution in [0.5, 0.6) is 11.5 Å². The number of nitrogen functional groups attached to an aromatic ring is 1. The van der Waals surface area contributed by atoms with Gasteiger partial charge in [-0.25, -0.2) is 23.9 Å². The highest BCUT2D eigenvalue weighted by atomic mass is 19.1. The van der Waals surface area contributed by atoms with Crippen LogP contribution in [0.1, 0.15) is 32.7 Å². The summed E-state index contributed by atoms with van der Waals surface area (Å²) in [5.41, 5.74) is 6.98. The maximum absolute atomic E-state index is 15.6. The van der Waals surface area contributed by atoms with E-state index in [9.17, 15) is 4.79 Å². The number of hydrogen-bond acceptors (Lipinski definition) is 8. The van der Waals surface area contributed by atoms with Crippen molar-refractivity contribution < 1.29 is 13.9 Å². The van der Waals surface area contributed by atoms with E-state index in [4.69, 9.17) is 22.1 Å². The topological polar surface area (TPSA) is 119 Å². The number of rotatable bonds is 7. The molecule has 2 aromatic heterocycles. The molecule has 0 aliphatic carbocycles. The molecule has 2 fully saturated rings. The van der Waals surface area contributed by atoms with E-state index in [1.165, 1.54) is 12.4 Å². The predicted molar refractivity (Wildman–Crippen MR) is 170 cm³/mol. The summed E-state index contributed by atoms with van der Waals surface area (Å²) >= 11 is 0. The summed E-state index contributed by atoms with van der Waals surface area (Å²) in [7, 11) is 0. The summed E-state index contributed by atoms with van der Waals surface area (Å²) < 4.78 is 23.1. The standard InChI is InChI=1S/C33H36FN9O2/c1-33(2,42-16-13-37-14-17-42)19-27(36-3)32(44)41-15-7-8-22(20-41)43-31-28(30(35)38-21-39-31)29(40-43)25-12-11-24(18-26(25)34)45-23-9-5-4-6-10-23/h4-6,9-12,18-19,21-22,37H,7-8,13-17,20H2,1-2H3,(H2,35,38,39)/b27-19+/t22-/m0/s1. The fraction of sp³-hybridized carbons (Fsp3) is 0.364. The third-order valence-electron chi connectivity index (χ3n) is 8.48. The minimum absolute atomic E-state index is 0.108. The van der Waals surface area contributed by atoms with E-state index >= 15 is 4.39 Å². The number of nitrogens with one attached hydrogen (secondary N) is 1. The Morgan fingerprint density at radius 3 is 2.64 bits per heavy atom. The van der Waals surface area contributed by atoms with Crippen molar-refractivity contribution >= 4 is 22.8 Å². The lowest BCUT2D eigenvalue weighted by Gasteiger charge is -2.40. The van der Waals surface area contributed by atoms with Crippen molar-refractivity contribution in [2.75, 3.05) is 45.0 Å². The summed E-state index contributed by atoms with van der Waals surface area (Å²) in [6.07, 6.45) is 4.58. The zero-order valence-corrected chi connectivity index (χ0v) is 25.4. The molecule has 2 aliphatic heterocycles. The highest BCUT2D eigenvalue weighted by Crippen LogP contribution is 2.36. The van der Waals surface area contributed by atoms with Crippen LogP contribution in [0.2, 0.25) is 0 Å². The van der Waals surface area contributed by atoms with E-state index in [-0.39, 0.29) is 29.0 Å². The third kappa shape index (κ3) is 6.22. The third-order valence-corrected chi connectivity index (χ3v) is 8.48. The molecule has 2 aliphatic rings. The minimum atomic E-state index is -0.530. The molecule has 6 rings (SSSR count). The fourth-order valence-corrected chi connectivity index (χ4v) is 6.12. The van der Waals surface area contributed by atoms with Crippen molar-refractivity contribution in [1.82, 2.24) is 34.9 Å². The van der Waals surface area contributed by atoms with Gasteiger partial charge in [0.25, 0.3) is 5.91 Å². The molecule has 4 aromatic rings. The SMILES string of the molecule is [C-]#[N+]/C(=C/C(C)(C)N1CCNCC1)C(=O)N1CCC[C@H](n2nc(-c3ccc(Oc4ccccc4)cc3F)c3c(N)ncnc32)C1. The van der Waals surface area contributed by atoms with Crippen LogP contribution in [0.25, 0.3) is 27.1 Å². The fourth-order valence-electron chi connectivity index (χ4n) is 6.12. The van der Waals surface area contributed by atoms with Gasteiger partial charge in [0.1, 0.15) is 35.2 Å². The number of piperazine rings is 1. The first-order valence-corrected chi connectivity index (χ1v) is 15.1. The summed E-state index contributed by atoms with van der Waals surface area (Å²) in [6, 6.07) is 13.5. The summed E-state index contributed by atoms with van der Waals surface area (Å²) in [5.74, 6) is 0.293. The molecule has 0 saturated carbocycles. The number of likely N-dealkylation sites (tertiary alicyclic amines) is 1. The van der Waals surface area contributed by atoms with Crippen molar-refractivity contribution in [1.29, 1.82) is 0 Å². The van der Waals surface area contributed by atoms with Gasteiger partial charge in [0.05, 0.1) is 18.0 Å². The van der Waals surface area contributed by atoms with Crippen LogP contribution in [-0.2, 0) is 4.79 Å². The van der Waals surface area contributed by atoms with Crippen LogP contribution in [0.15, 0.2) is 66.6 Å². The zero-order chi connectivity index (χ0) is 31.6. The number of carbonyl (C=O) groups is 1. The molecule has 0 spiro atoms. The van der Waals surface area contributed by atoms with E-state index in [2.05, 4.69) is 25.0 Å². The number of piperidine rings is 1. The molecular weight excluding hydrogens is 573 g/mol. The van der Waals surface area contributed by atoms with Gasteiger partial charge in [0.15, 0.2) is 5.65 Å². The molecule has 0 bridgehead atoms. The normalized spacial score (nSPS) is 18.1. The maximum atomic E-state index is 15.6. The summed E-state index contributed by atoms with van der Waals surface area (Å²) in [6.45, 7) is 16.2. The van der Waals surface area contributed by atoms with Crippen molar-refractivity contribution in [3.05, 3.63) is 83.9 Å². The van der Waals surface area contributed by atoms with Crippen molar-refractivity contribution in [2.24, 2.45) is 0 Å². The molecule has 2 aromatic carbocycles. The van der Waals surface area contributed by atoms with Gasteiger partial charge in [-0.1, -0.05) is 24.3 Å². The number of halogens is 1. The van der Waals surface area contributed by atoms with E-state index in [0.29, 0.717) is 47.7 Å². The van der Waals surface area contributed by atoms with Crippen LogP contribution in [0, 0.1) is 12.4 Å². The lowest BCUT2D eigenvalue weighted by molar-refractivity contribution is -0.128. The van der Waals surface area contributed by atoms with Gasteiger partial charge in [-0.15, -0.1) is 0 Å². The smallest absolute Gasteiger partial charge is 0.252 e. The van der Waals surface area contributed by atoms with E-state index in [1.807, 2.05) is 32.0 Å². The molecule has 232 valence electrons. The number of fused-ring (bicyclic) bond motifs is 1. The molecule has 2 saturated heterocycles. The summed E-state index contributed by atoms with van der Waals surface area (Å²) in [4.78, 5) is 30.0. The number of nitrogens with two attached hydrogens (primary N) is 1. The molecule has 0 radical (unpaired) electrons. The van der Waals surface area contributed by atoms with Crippen molar-refractivity contribution in [2.45, 2.75) is 38.3 Å². The maximum Gasteiger partial charge on any atom is 0.252 e. The van der Waals surface area contributed by atoms with Gasteiger partial charge in [-0.2, -0.15) is 5.10 Å². The van der Waals surface area contributed by atoms with Crippen LogP contribution in [0.4, 0.5) is 10.2 Å². The molecule has 3 N–H and O–H groups in total. The Hall–Kier alpha value is -4.86. The monoisotopic (exact) mass is 609 g/mol. The highest BCUT2D eigenvalue weighted by molar-refractivity contribution is 5.98. The average Bonchev–Trinajstić information content (AvgIpc) is 3.45. The lowest BCUT2D eigenvalue weighted by Crippen LogP contribution is -2.52. The van der Waals surface area contributed by atoms with Crippen molar-refractivity contribution in [3.63, 3.8) is 0 Å². The van der Waals surface area contributed by atoms with E-state index < -0.39 is 11.4 Å². The lowest BCUT2D eigenvalue weighted by atomic mass is 9.99. The molecule has 12 heteroatoms. The molecule has 1 atom stereocenters. The minimum Gasteiger partial charge on any atom is -0.457 e. The van der Waals surface area contributed by atoms with Gasteiger partial charge < -0.3 is 20.7 Å². The summed E-state index contributed by atoms with van der Waals surface area (Å²) in [5, 5.41) is 8.61. The molecule has 11 nitrogen and oxygen atoms in total. The molecule has 0 unspecified atom stereocenters. The van der Waals surface area contributed by atoms with Crippen LogP contribution >= 0.6 is 0 Å². The largest absolute Gasteiger partial charge is 0.457 e. The van der Waals surface area contributed by atoms with Gasteiger partial charge in [-0.3, -0.25) is 9.69 Å². The zero-order valence-electron chi connectivity index (χ0n) is 25.4. The van der Waals surface area contributed by atoms with E-state index in [0.717, 1.165) is 32.6 Å². The first-order chi connectivity index (χ1) is 21.7. The Labute approximate surface area is 261 Å². The Morgan fingerprint density at radius 1 is 1.13 bits per heavy atom.